The summed E-state index contributed by atoms with van der Waals surface area (Å²) in [6, 6.07) is 1.95. The molecule has 0 aromatic heterocycles. The Bertz CT molecular complexity index is 293. The molecule has 0 aromatic rings. The summed E-state index contributed by atoms with van der Waals surface area (Å²) >= 11 is 0. The van der Waals surface area contributed by atoms with Gasteiger partial charge in [0.15, 0.2) is 0 Å². The van der Waals surface area contributed by atoms with Crippen LogP contribution in [0.2, 0.25) is 0 Å². The first-order valence-corrected chi connectivity index (χ1v) is 6.98. The van der Waals surface area contributed by atoms with Crippen molar-refractivity contribution in [1.82, 2.24) is 15.1 Å². The zero-order valence-electron chi connectivity index (χ0n) is 10.7. The highest BCUT2D eigenvalue weighted by molar-refractivity contribution is 5.79. The molecule has 2 atom stereocenters. The van der Waals surface area contributed by atoms with Crippen LogP contribution in [-0.4, -0.2) is 60.5 Å². The van der Waals surface area contributed by atoms with E-state index in [2.05, 4.69) is 22.2 Å². The van der Waals surface area contributed by atoms with Crippen LogP contribution < -0.4 is 5.32 Å². The van der Waals surface area contributed by atoms with Crippen molar-refractivity contribution in [2.24, 2.45) is 0 Å². The number of rotatable bonds is 1. The number of fused-ring (bicyclic) bond motifs is 2. The first-order chi connectivity index (χ1) is 8.25. The molecular formula is C13H23N3O. The number of piperidine rings is 2. The van der Waals surface area contributed by atoms with Crippen molar-refractivity contribution in [1.29, 1.82) is 0 Å². The summed E-state index contributed by atoms with van der Waals surface area (Å²) in [5, 5.41) is 3.16. The van der Waals surface area contributed by atoms with Crippen LogP contribution >= 0.6 is 0 Å². The third-order valence-electron chi connectivity index (χ3n) is 4.88. The Hall–Kier alpha value is -0.610. The Balaban J connectivity index is 1.70. The number of nitrogens with zero attached hydrogens (tertiary/aromatic N) is 2. The van der Waals surface area contributed by atoms with Gasteiger partial charge in [0.05, 0.1) is 6.54 Å². The minimum Gasteiger partial charge on any atom is -0.337 e. The van der Waals surface area contributed by atoms with Crippen molar-refractivity contribution in [2.45, 2.75) is 50.2 Å². The number of hydrogen-bond donors (Lipinski definition) is 1. The topological polar surface area (TPSA) is 35.6 Å². The second-order valence-corrected chi connectivity index (χ2v) is 5.79. The molecule has 0 saturated carbocycles. The lowest BCUT2D eigenvalue weighted by Crippen LogP contribution is -2.59. The van der Waals surface area contributed by atoms with Crippen LogP contribution in [0.1, 0.15) is 32.1 Å². The fourth-order valence-electron chi connectivity index (χ4n) is 3.85. The van der Waals surface area contributed by atoms with Gasteiger partial charge in [0.25, 0.3) is 0 Å². The van der Waals surface area contributed by atoms with Gasteiger partial charge < -0.3 is 15.1 Å². The summed E-state index contributed by atoms with van der Waals surface area (Å²) in [6.07, 6.45) is 6.41. The molecule has 0 radical (unpaired) electrons. The smallest absolute Gasteiger partial charge is 0.236 e. The summed E-state index contributed by atoms with van der Waals surface area (Å²) in [4.78, 5) is 16.7. The van der Waals surface area contributed by atoms with Crippen molar-refractivity contribution < 1.29 is 4.79 Å². The molecule has 96 valence electrons. The van der Waals surface area contributed by atoms with Gasteiger partial charge in [0.1, 0.15) is 0 Å². The Morgan fingerprint density at radius 2 is 1.88 bits per heavy atom. The minimum absolute atomic E-state index is 0.309. The number of hydrogen-bond acceptors (Lipinski definition) is 3. The molecule has 1 amide bonds. The first-order valence-electron chi connectivity index (χ1n) is 6.98. The maximum atomic E-state index is 11.9. The highest BCUT2D eigenvalue weighted by Crippen LogP contribution is 2.34. The van der Waals surface area contributed by atoms with E-state index in [1.54, 1.807) is 0 Å². The van der Waals surface area contributed by atoms with E-state index in [-0.39, 0.29) is 0 Å². The second kappa shape index (κ2) is 4.58. The molecule has 3 fully saturated rings. The van der Waals surface area contributed by atoms with Crippen molar-refractivity contribution in [3.8, 4) is 0 Å². The predicted octanol–water partition coefficient (Wildman–Crippen LogP) is 0.433. The van der Waals surface area contributed by atoms with Crippen molar-refractivity contribution in [3.63, 3.8) is 0 Å². The fraction of sp³-hybridized carbons (Fsp3) is 0.923. The van der Waals surface area contributed by atoms with Crippen LogP contribution in [0.3, 0.4) is 0 Å². The highest BCUT2D eigenvalue weighted by atomic mass is 16.2. The van der Waals surface area contributed by atoms with E-state index in [0.717, 1.165) is 25.2 Å². The van der Waals surface area contributed by atoms with Crippen molar-refractivity contribution in [2.75, 3.05) is 26.7 Å². The quantitative estimate of drug-likeness (QED) is 0.718. The van der Waals surface area contributed by atoms with Gasteiger partial charge in [-0.05, 0) is 32.7 Å². The number of piperazine rings is 1. The van der Waals surface area contributed by atoms with Gasteiger partial charge in [-0.25, -0.2) is 0 Å². The van der Waals surface area contributed by atoms with Crippen LogP contribution in [0.15, 0.2) is 0 Å². The van der Waals surface area contributed by atoms with E-state index in [4.69, 9.17) is 0 Å². The van der Waals surface area contributed by atoms with E-state index < -0.39 is 0 Å². The molecule has 17 heavy (non-hydrogen) atoms. The molecule has 3 rings (SSSR count). The Labute approximate surface area is 103 Å². The molecule has 3 aliphatic rings. The SMILES string of the molecule is CN1C2CCCC1CC(N1CCNCC1=O)C2. The molecule has 3 heterocycles. The average molecular weight is 237 g/mol. The highest BCUT2D eigenvalue weighted by Gasteiger charge is 2.39. The van der Waals surface area contributed by atoms with Gasteiger partial charge in [-0.1, -0.05) is 6.42 Å². The van der Waals surface area contributed by atoms with Crippen LogP contribution in [0.25, 0.3) is 0 Å². The lowest BCUT2D eigenvalue weighted by atomic mass is 9.81. The normalized spacial score (nSPS) is 39.5. The third-order valence-corrected chi connectivity index (χ3v) is 4.88. The van der Waals surface area contributed by atoms with E-state index in [0.29, 0.717) is 18.5 Å². The maximum absolute atomic E-state index is 11.9. The molecule has 1 N–H and O–H groups in total. The van der Waals surface area contributed by atoms with Gasteiger partial charge in [-0.3, -0.25) is 4.79 Å². The zero-order valence-corrected chi connectivity index (χ0v) is 10.7. The maximum Gasteiger partial charge on any atom is 0.236 e. The summed E-state index contributed by atoms with van der Waals surface area (Å²) in [6.45, 7) is 2.42. The van der Waals surface area contributed by atoms with Gasteiger partial charge >= 0.3 is 0 Å². The molecular weight excluding hydrogens is 214 g/mol. The molecule has 3 aliphatic heterocycles. The van der Waals surface area contributed by atoms with E-state index in [1.807, 2.05) is 0 Å². The lowest BCUT2D eigenvalue weighted by molar-refractivity contribution is -0.137. The van der Waals surface area contributed by atoms with Crippen LogP contribution in [0.4, 0.5) is 0 Å². The van der Waals surface area contributed by atoms with E-state index in [1.165, 1.54) is 32.1 Å². The number of nitrogens with one attached hydrogen (secondary N) is 1. The van der Waals surface area contributed by atoms with Crippen LogP contribution in [-0.2, 0) is 4.79 Å². The summed E-state index contributed by atoms with van der Waals surface area (Å²) < 4.78 is 0. The molecule has 4 heteroatoms. The predicted molar refractivity (Wildman–Crippen MR) is 66.8 cm³/mol. The molecule has 0 aliphatic carbocycles. The lowest BCUT2D eigenvalue weighted by Gasteiger charge is -2.50. The molecule has 2 unspecified atom stereocenters. The standard InChI is InChI=1S/C13H23N3O/c1-15-10-3-2-4-11(15)8-12(7-10)16-6-5-14-9-13(16)17/h10-12,14H,2-9H2,1H3. The van der Waals surface area contributed by atoms with Gasteiger partial charge in [0.2, 0.25) is 5.91 Å². The van der Waals surface area contributed by atoms with Crippen LogP contribution in [0.5, 0.6) is 0 Å². The van der Waals surface area contributed by atoms with Gasteiger partial charge in [-0.15, -0.1) is 0 Å². The largest absolute Gasteiger partial charge is 0.337 e. The molecule has 2 bridgehead atoms. The average Bonchev–Trinajstić information content (AvgIpc) is 2.29. The Morgan fingerprint density at radius 3 is 2.53 bits per heavy atom. The third kappa shape index (κ3) is 2.08. The Kier molecular flexibility index (Phi) is 3.09. The van der Waals surface area contributed by atoms with Gasteiger partial charge in [0, 0.05) is 31.2 Å². The molecule has 0 spiro atoms. The zero-order chi connectivity index (χ0) is 11.8. The second-order valence-electron chi connectivity index (χ2n) is 5.79. The summed E-state index contributed by atoms with van der Waals surface area (Å²) in [5.74, 6) is 0.309. The fourth-order valence-corrected chi connectivity index (χ4v) is 3.85. The number of carbonyl (C=O) groups is 1. The number of carbonyl (C=O) groups excluding carboxylic acids is 1. The Morgan fingerprint density at radius 1 is 1.18 bits per heavy atom. The summed E-state index contributed by atoms with van der Waals surface area (Å²) in [7, 11) is 2.27. The monoisotopic (exact) mass is 237 g/mol. The molecule has 0 aromatic carbocycles. The van der Waals surface area contributed by atoms with E-state index >= 15 is 0 Å². The minimum atomic E-state index is 0.309. The van der Waals surface area contributed by atoms with Gasteiger partial charge in [-0.2, -0.15) is 0 Å². The van der Waals surface area contributed by atoms with Crippen molar-refractivity contribution >= 4 is 5.91 Å². The molecule has 4 nitrogen and oxygen atoms in total. The van der Waals surface area contributed by atoms with Crippen LogP contribution in [0, 0.1) is 0 Å². The number of amides is 1. The summed E-state index contributed by atoms with van der Waals surface area (Å²) in [5.41, 5.74) is 0. The van der Waals surface area contributed by atoms with E-state index in [9.17, 15) is 4.79 Å². The molecule has 3 saturated heterocycles. The van der Waals surface area contributed by atoms with Crippen molar-refractivity contribution in [3.05, 3.63) is 0 Å². The first kappa shape index (κ1) is 11.5.